The average Bonchev–Trinajstić information content (AvgIpc) is 2.81. The number of aromatic nitrogens is 2. The number of nitrogens with zero attached hydrogens (tertiary/aromatic N) is 1. The highest BCUT2D eigenvalue weighted by Gasteiger charge is 2.09. The highest BCUT2D eigenvalue weighted by atomic mass is 16.1. The molecule has 0 aliphatic rings. The fraction of sp³-hybridized carbons (Fsp3) is 0.0800. The van der Waals surface area contributed by atoms with E-state index in [1.807, 2.05) is 61.5 Å². The molecule has 2 heterocycles. The van der Waals surface area contributed by atoms with Crippen LogP contribution in [0.3, 0.4) is 0 Å². The molecule has 0 aliphatic heterocycles. The third-order valence-electron chi connectivity index (χ3n) is 5.00. The number of hydrogen-bond donors (Lipinski definition) is 3. The summed E-state index contributed by atoms with van der Waals surface area (Å²) in [5.41, 5.74) is 5.48. The van der Waals surface area contributed by atoms with E-state index in [0.29, 0.717) is 23.4 Å². The molecule has 0 bridgehead atoms. The predicted octanol–water partition coefficient (Wildman–Crippen LogP) is 4.61. The van der Waals surface area contributed by atoms with Gasteiger partial charge < -0.3 is 15.6 Å². The smallest absolute Gasteiger partial charge is 0.255 e. The molecule has 2 aromatic heterocycles. The number of rotatable bonds is 6. The highest BCUT2D eigenvalue weighted by molar-refractivity contribution is 6.04. The largest absolute Gasteiger partial charge is 0.381 e. The van der Waals surface area contributed by atoms with Gasteiger partial charge in [-0.2, -0.15) is 0 Å². The Hall–Kier alpha value is -4.19. The van der Waals surface area contributed by atoms with Gasteiger partial charge in [-0.3, -0.25) is 14.6 Å². The molecule has 3 N–H and O–H groups in total. The number of aryl methyl sites for hydroxylation is 1. The van der Waals surface area contributed by atoms with Crippen molar-refractivity contribution in [3.63, 3.8) is 0 Å². The summed E-state index contributed by atoms with van der Waals surface area (Å²) in [6.45, 7) is 2.29. The molecule has 4 rings (SSSR count). The van der Waals surface area contributed by atoms with Crippen molar-refractivity contribution in [3.8, 4) is 11.1 Å². The first-order chi connectivity index (χ1) is 15.1. The van der Waals surface area contributed by atoms with Crippen molar-refractivity contribution in [2.75, 3.05) is 10.6 Å². The van der Waals surface area contributed by atoms with Crippen LogP contribution < -0.4 is 16.2 Å². The zero-order chi connectivity index (χ0) is 21.6. The lowest BCUT2D eigenvalue weighted by Gasteiger charge is -2.12. The maximum absolute atomic E-state index is 12.5. The van der Waals surface area contributed by atoms with E-state index < -0.39 is 0 Å². The van der Waals surface area contributed by atoms with Crippen LogP contribution >= 0.6 is 0 Å². The number of benzene rings is 2. The summed E-state index contributed by atoms with van der Waals surface area (Å²) in [5.74, 6) is -0.199. The van der Waals surface area contributed by atoms with Crippen LogP contribution in [-0.4, -0.2) is 15.9 Å². The van der Waals surface area contributed by atoms with E-state index in [1.165, 1.54) is 0 Å². The van der Waals surface area contributed by atoms with Gasteiger partial charge in [-0.05, 0) is 53.9 Å². The van der Waals surface area contributed by atoms with Crippen LogP contribution in [0.1, 0.15) is 21.5 Å². The number of anilines is 2. The summed E-state index contributed by atoms with van der Waals surface area (Å²) in [6, 6.07) is 20.8. The number of hydrogen-bond acceptors (Lipinski definition) is 4. The molecule has 6 heteroatoms. The molecule has 0 unspecified atom stereocenters. The Balaban J connectivity index is 1.50. The summed E-state index contributed by atoms with van der Waals surface area (Å²) in [7, 11) is 0. The Labute approximate surface area is 180 Å². The molecule has 0 atom stereocenters. The SMILES string of the molecule is Cc1ccc(NCc2cc(-c3ccccc3)c[nH]c2=O)cc1NC(=O)c1ccncc1. The molecule has 0 saturated carbocycles. The fourth-order valence-corrected chi connectivity index (χ4v) is 3.22. The lowest BCUT2D eigenvalue weighted by atomic mass is 10.1. The topological polar surface area (TPSA) is 86.9 Å². The second-order valence-electron chi connectivity index (χ2n) is 7.18. The first kappa shape index (κ1) is 20.1. The normalized spacial score (nSPS) is 10.5. The summed E-state index contributed by atoms with van der Waals surface area (Å²) in [6.07, 6.45) is 4.89. The Morgan fingerprint density at radius 3 is 2.52 bits per heavy atom. The molecule has 154 valence electrons. The van der Waals surface area contributed by atoms with Crippen molar-refractivity contribution in [1.29, 1.82) is 0 Å². The summed E-state index contributed by atoms with van der Waals surface area (Å²) in [4.78, 5) is 31.5. The first-order valence-corrected chi connectivity index (χ1v) is 9.93. The minimum Gasteiger partial charge on any atom is -0.381 e. The summed E-state index contributed by atoms with van der Waals surface area (Å²) in [5, 5.41) is 6.21. The number of aromatic amines is 1. The second kappa shape index (κ2) is 9.09. The third kappa shape index (κ3) is 4.87. The number of carbonyl (C=O) groups excluding carboxylic acids is 1. The molecule has 0 fully saturated rings. The molecule has 0 spiro atoms. The zero-order valence-corrected chi connectivity index (χ0v) is 17.1. The maximum Gasteiger partial charge on any atom is 0.255 e. The quantitative estimate of drug-likeness (QED) is 0.433. The van der Waals surface area contributed by atoms with E-state index in [1.54, 1.807) is 30.7 Å². The third-order valence-corrected chi connectivity index (χ3v) is 5.00. The number of pyridine rings is 2. The molecule has 6 nitrogen and oxygen atoms in total. The first-order valence-electron chi connectivity index (χ1n) is 9.93. The molecule has 1 amide bonds. The highest BCUT2D eigenvalue weighted by Crippen LogP contribution is 2.22. The Morgan fingerprint density at radius 2 is 1.74 bits per heavy atom. The Kier molecular flexibility index (Phi) is 5.89. The van der Waals surface area contributed by atoms with Crippen LogP contribution in [0.4, 0.5) is 11.4 Å². The maximum atomic E-state index is 12.5. The van der Waals surface area contributed by atoms with Crippen molar-refractivity contribution in [2.24, 2.45) is 0 Å². The molecule has 0 saturated heterocycles. The van der Waals surface area contributed by atoms with Gasteiger partial charge in [-0.25, -0.2) is 0 Å². The van der Waals surface area contributed by atoms with Crippen LogP contribution in [0.15, 0.2) is 90.1 Å². The van der Waals surface area contributed by atoms with E-state index >= 15 is 0 Å². The van der Waals surface area contributed by atoms with Crippen LogP contribution in [0.2, 0.25) is 0 Å². The lowest BCUT2D eigenvalue weighted by molar-refractivity contribution is 0.102. The van der Waals surface area contributed by atoms with Gasteiger partial charge in [0.25, 0.3) is 11.5 Å². The number of amides is 1. The van der Waals surface area contributed by atoms with Crippen molar-refractivity contribution in [1.82, 2.24) is 9.97 Å². The van der Waals surface area contributed by atoms with Gasteiger partial charge in [-0.15, -0.1) is 0 Å². The summed E-state index contributed by atoms with van der Waals surface area (Å²) >= 11 is 0. The van der Waals surface area contributed by atoms with E-state index in [-0.39, 0.29) is 11.5 Å². The molecular weight excluding hydrogens is 388 g/mol. The zero-order valence-electron chi connectivity index (χ0n) is 17.1. The molecule has 0 radical (unpaired) electrons. The van der Waals surface area contributed by atoms with Gasteiger partial charge in [0.05, 0.1) is 0 Å². The number of nitrogens with one attached hydrogen (secondary N) is 3. The molecular formula is C25H22N4O2. The average molecular weight is 410 g/mol. The van der Waals surface area contributed by atoms with Gasteiger partial charge >= 0.3 is 0 Å². The van der Waals surface area contributed by atoms with Crippen molar-refractivity contribution in [3.05, 3.63) is 112 Å². The molecule has 31 heavy (non-hydrogen) atoms. The van der Waals surface area contributed by atoms with Crippen molar-refractivity contribution >= 4 is 17.3 Å². The van der Waals surface area contributed by atoms with Crippen LogP contribution in [0, 0.1) is 6.92 Å². The number of carbonyl (C=O) groups is 1. The Morgan fingerprint density at radius 1 is 0.968 bits per heavy atom. The molecule has 0 aliphatic carbocycles. The van der Waals surface area contributed by atoms with E-state index in [0.717, 1.165) is 22.4 Å². The van der Waals surface area contributed by atoms with Crippen molar-refractivity contribution in [2.45, 2.75) is 13.5 Å². The standard InChI is InChI=1S/C25H22N4O2/c1-17-7-8-22(14-23(17)29-25(31)19-9-11-26-12-10-19)27-16-21-13-20(15-28-24(21)30)18-5-3-2-4-6-18/h2-15,27H,16H2,1H3,(H,28,30)(H,29,31). The van der Waals surface area contributed by atoms with Crippen LogP contribution in [0.25, 0.3) is 11.1 Å². The van der Waals surface area contributed by atoms with Crippen LogP contribution in [-0.2, 0) is 6.54 Å². The molecule has 4 aromatic rings. The van der Waals surface area contributed by atoms with Gasteiger partial charge in [0, 0.05) is 47.6 Å². The second-order valence-corrected chi connectivity index (χ2v) is 7.18. The van der Waals surface area contributed by atoms with Crippen molar-refractivity contribution < 1.29 is 4.79 Å². The van der Waals surface area contributed by atoms with Gasteiger partial charge in [-0.1, -0.05) is 36.4 Å². The lowest BCUT2D eigenvalue weighted by Crippen LogP contribution is -2.16. The van der Waals surface area contributed by atoms with Crippen LogP contribution in [0.5, 0.6) is 0 Å². The minimum absolute atomic E-state index is 0.134. The fourth-order valence-electron chi connectivity index (χ4n) is 3.22. The van der Waals surface area contributed by atoms with Gasteiger partial charge in [0.1, 0.15) is 0 Å². The van der Waals surface area contributed by atoms with Gasteiger partial charge in [0.15, 0.2) is 0 Å². The van der Waals surface area contributed by atoms with E-state index in [9.17, 15) is 9.59 Å². The molecule has 2 aromatic carbocycles. The van der Waals surface area contributed by atoms with E-state index in [4.69, 9.17) is 0 Å². The minimum atomic E-state index is -0.199. The monoisotopic (exact) mass is 410 g/mol. The Bertz CT molecular complexity index is 1250. The predicted molar refractivity (Wildman–Crippen MR) is 123 cm³/mol. The van der Waals surface area contributed by atoms with Gasteiger partial charge in [0.2, 0.25) is 0 Å². The summed E-state index contributed by atoms with van der Waals surface area (Å²) < 4.78 is 0. The van der Waals surface area contributed by atoms with E-state index in [2.05, 4.69) is 20.6 Å². The number of H-pyrrole nitrogens is 1.